The molecule has 1 aromatic heterocycles. The van der Waals surface area contributed by atoms with E-state index in [1.165, 1.54) is 5.56 Å². The summed E-state index contributed by atoms with van der Waals surface area (Å²) in [6.07, 6.45) is 2.18. The molecule has 1 saturated heterocycles. The van der Waals surface area contributed by atoms with Gasteiger partial charge in [-0.1, -0.05) is 23.7 Å². The molecule has 0 bridgehead atoms. The van der Waals surface area contributed by atoms with Gasteiger partial charge in [0.25, 0.3) is 0 Å². The zero-order valence-electron chi connectivity index (χ0n) is 16.7. The molecular formula is C21H26ClN5OS. The van der Waals surface area contributed by atoms with E-state index in [0.717, 1.165) is 29.4 Å². The third-order valence-corrected chi connectivity index (χ3v) is 7.15. The Hall–Kier alpha value is -1.83. The van der Waals surface area contributed by atoms with Gasteiger partial charge in [-0.3, -0.25) is 4.79 Å². The largest absolute Gasteiger partial charge is 0.350 e. The standard InChI is InChI=1S/C21H26ClN5OS/c1-13-10-26(21(28)17(23)9-15-3-5-16(22)6-4-15)7-8-27(13)20-19-14(2)29-11-18(19)24-12-25-20/h3-6,12-14,17H,7-11,23H2,1-2H3/t13-,14-,17?/m0/s1. The summed E-state index contributed by atoms with van der Waals surface area (Å²) >= 11 is 7.83. The van der Waals surface area contributed by atoms with Gasteiger partial charge in [-0.25, -0.2) is 9.97 Å². The molecule has 3 atom stereocenters. The molecule has 1 fully saturated rings. The number of thioether (sulfide) groups is 1. The second kappa shape index (κ2) is 8.50. The van der Waals surface area contributed by atoms with Crippen LogP contribution in [0, 0.1) is 0 Å². The van der Waals surface area contributed by atoms with E-state index in [0.29, 0.717) is 29.8 Å². The van der Waals surface area contributed by atoms with Crippen molar-refractivity contribution in [3.8, 4) is 0 Å². The van der Waals surface area contributed by atoms with Crippen LogP contribution in [0.1, 0.15) is 35.9 Å². The minimum absolute atomic E-state index is 0.00305. The molecular weight excluding hydrogens is 406 g/mol. The van der Waals surface area contributed by atoms with Gasteiger partial charge < -0.3 is 15.5 Å². The van der Waals surface area contributed by atoms with E-state index in [1.807, 2.05) is 40.9 Å². The molecule has 6 nitrogen and oxygen atoms in total. The number of piperazine rings is 1. The lowest BCUT2D eigenvalue weighted by Gasteiger charge is -2.42. The van der Waals surface area contributed by atoms with Crippen molar-refractivity contribution in [1.29, 1.82) is 0 Å². The SMILES string of the molecule is C[C@@H]1SCc2ncnc(N3CCN(C(=O)C(N)Cc4ccc(Cl)cc4)C[C@@H]3C)c21. The van der Waals surface area contributed by atoms with E-state index < -0.39 is 6.04 Å². The molecule has 2 aliphatic rings. The van der Waals surface area contributed by atoms with Gasteiger partial charge in [0.2, 0.25) is 5.91 Å². The van der Waals surface area contributed by atoms with Gasteiger partial charge in [-0.05, 0) is 38.0 Å². The smallest absolute Gasteiger partial charge is 0.239 e. The van der Waals surface area contributed by atoms with Gasteiger partial charge >= 0.3 is 0 Å². The second-order valence-electron chi connectivity index (χ2n) is 7.77. The molecule has 8 heteroatoms. The van der Waals surface area contributed by atoms with Gasteiger partial charge in [-0.2, -0.15) is 0 Å². The molecule has 29 heavy (non-hydrogen) atoms. The molecule has 2 N–H and O–H groups in total. The molecule has 2 aliphatic heterocycles. The second-order valence-corrected chi connectivity index (χ2v) is 9.54. The lowest BCUT2D eigenvalue weighted by Crippen LogP contribution is -2.57. The van der Waals surface area contributed by atoms with Crippen LogP contribution in [0.2, 0.25) is 5.02 Å². The maximum atomic E-state index is 12.9. The highest BCUT2D eigenvalue weighted by Crippen LogP contribution is 2.44. The van der Waals surface area contributed by atoms with Crippen molar-refractivity contribution in [3.05, 3.63) is 52.4 Å². The summed E-state index contributed by atoms with van der Waals surface area (Å²) in [6, 6.07) is 7.13. The van der Waals surface area contributed by atoms with E-state index >= 15 is 0 Å². The van der Waals surface area contributed by atoms with E-state index in [2.05, 4.69) is 28.7 Å². The van der Waals surface area contributed by atoms with Crippen molar-refractivity contribution < 1.29 is 4.79 Å². The van der Waals surface area contributed by atoms with Crippen LogP contribution in [0.5, 0.6) is 0 Å². The number of nitrogens with two attached hydrogens (primary N) is 1. The highest BCUT2D eigenvalue weighted by Gasteiger charge is 2.34. The van der Waals surface area contributed by atoms with Crippen LogP contribution in [-0.4, -0.2) is 52.5 Å². The Bertz CT molecular complexity index is 893. The summed E-state index contributed by atoms with van der Waals surface area (Å²) < 4.78 is 0. The van der Waals surface area contributed by atoms with Crippen molar-refractivity contribution in [3.63, 3.8) is 0 Å². The Balaban J connectivity index is 1.42. The molecule has 0 radical (unpaired) electrons. The van der Waals surface area contributed by atoms with Gasteiger partial charge in [0.1, 0.15) is 12.1 Å². The fourth-order valence-electron chi connectivity index (χ4n) is 4.14. The molecule has 2 aromatic rings. The third-order valence-electron chi connectivity index (χ3n) is 5.72. The zero-order valence-corrected chi connectivity index (χ0v) is 18.3. The van der Waals surface area contributed by atoms with Crippen LogP contribution in [0.25, 0.3) is 0 Å². The van der Waals surface area contributed by atoms with E-state index in [1.54, 1.807) is 6.33 Å². The number of halogens is 1. The average Bonchev–Trinajstić information content (AvgIpc) is 3.10. The van der Waals surface area contributed by atoms with Gasteiger partial charge in [0.15, 0.2) is 0 Å². The average molecular weight is 432 g/mol. The maximum absolute atomic E-state index is 12.9. The lowest BCUT2D eigenvalue weighted by molar-refractivity contribution is -0.133. The Morgan fingerprint density at radius 2 is 2.03 bits per heavy atom. The number of carbonyl (C=O) groups excluding carboxylic acids is 1. The number of nitrogens with zero attached hydrogens (tertiary/aromatic N) is 4. The number of anilines is 1. The predicted molar refractivity (Wildman–Crippen MR) is 118 cm³/mol. The van der Waals surface area contributed by atoms with Gasteiger partial charge in [-0.15, -0.1) is 11.8 Å². The number of hydrogen-bond donors (Lipinski definition) is 1. The van der Waals surface area contributed by atoms with Crippen LogP contribution < -0.4 is 10.6 Å². The van der Waals surface area contributed by atoms with E-state index in [9.17, 15) is 4.79 Å². The summed E-state index contributed by atoms with van der Waals surface area (Å²) in [4.78, 5) is 26.2. The topological polar surface area (TPSA) is 75.4 Å². The molecule has 0 spiro atoms. The predicted octanol–water partition coefficient (Wildman–Crippen LogP) is 3.04. The summed E-state index contributed by atoms with van der Waals surface area (Å²) in [5.41, 5.74) is 9.65. The first-order valence-electron chi connectivity index (χ1n) is 9.95. The Morgan fingerprint density at radius 1 is 1.28 bits per heavy atom. The van der Waals surface area contributed by atoms with Gasteiger partial charge in [0, 0.05) is 47.3 Å². The molecule has 1 amide bonds. The minimum Gasteiger partial charge on any atom is -0.350 e. The summed E-state index contributed by atoms with van der Waals surface area (Å²) in [5, 5.41) is 1.09. The van der Waals surface area contributed by atoms with Gasteiger partial charge in [0.05, 0.1) is 11.7 Å². The van der Waals surface area contributed by atoms with Crippen molar-refractivity contribution in [2.24, 2.45) is 5.73 Å². The summed E-state index contributed by atoms with van der Waals surface area (Å²) in [7, 11) is 0. The molecule has 4 rings (SSSR count). The fourth-order valence-corrected chi connectivity index (χ4v) is 5.31. The zero-order chi connectivity index (χ0) is 20.5. The van der Waals surface area contributed by atoms with Crippen LogP contribution in [0.15, 0.2) is 30.6 Å². The first kappa shape index (κ1) is 20.4. The lowest BCUT2D eigenvalue weighted by atomic mass is 10.0. The van der Waals surface area contributed by atoms with Crippen LogP contribution in [0.3, 0.4) is 0 Å². The summed E-state index contributed by atoms with van der Waals surface area (Å²) in [6.45, 7) is 6.40. The first-order chi connectivity index (χ1) is 13.9. The van der Waals surface area contributed by atoms with Crippen molar-refractivity contribution >= 4 is 35.1 Å². The van der Waals surface area contributed by atoms with E-state index in [-0.39, 0.29) is 11.9 Å². The molecule has 3 heterocycles. The molecule has 1 aromatic carbocycles. The highest BCUT2D eigenvalue weighted by molar-refractivity contribution is 7.99. The minimum atomic E-state index is -0.547. The molecule has 0 saturated carbocycles. The van der Waals surface area contributed by atoms with Crippen LogP contribution >= 0.6 is 23.4 Å². The highest BCUT2D eigenvalue weighted by atomic mass is 35.5. The Morgan fingerprint density at radius 3 is 2.76 bits per heavy atom. The number of fused-ring (bicyclic) bond motifs is 1. The third kappa shape index (κ3) is 4.22. The number of hydrogen-bond acceptors (Lipinski definition) is 6. The Kier molecular flexibility index (Phi) is 5.99. The molecule has 0 aliphatic carbocycles. The number of rotatable bonds is 4. The number of aromatic nitrogens is 2. The molecule has 154 valence electrons. The first-order valence-corrected chi connectivity index (χ1v) is 11.4. The quantitative estimate of drug-likeness (QED) is 0.801. The van der Waals surface area contributed by atoms with Crippen LogP contribution in [-0.2, 0) is 17.0 Å². The van der Waals surface area contributed by atoms with Crippen molar-refractivity contribution in [2.45, 2.75) is 43.4 Å². The maximum Gasteiger partial charge on any atom is 0.239 e. The summed E-state index contributed by atoms with van der Waals surface area (Å²) in [5.74, 6) is 1.97. The number of carbonyl (C=O) groups is 1. The Labute approximate surface area is 180 Å². The number of amides is 1. The van der Waals surface area contributed by atoms with Crippen molar-refractivity contribution in [2.75, 3.05) is 24.5 Å². The fraction of sp³-hybridized carbons (Fsp3) is 0.476. The normalized spacial score (nSPS) is 22.5. The van der Waals surface area contributed by atoms with Crippen molar-refractivity contribution in [1.82, 2.24) is 14.9 Å². The van der Waals surface area contributed by atoms with E-state index in [4.69, 9.17) is 17.3 Å². The molecule has 1 unspecified atom stereocenters. The number of benzene rings is 1. The van der Waals surface area contributed by atoms with Crippen LogP contribution in [0.4, 0.5) is 5.82 Å². The monoisotopic (exact) mass is 431 g/mol.